The Kier molecular flexibility index (Phi) is 7.55. The summed E-state index contributed by atoms with van der Waals surface area (Å²) in [6, 6.07) is 0. The molecule has 0 aromatic carbocycles. The highest BCUT2D eigenvalue weighted by atomic mass is 14.5. The molecule has 152 valence electrons. The molecule has 0 aromatic rings. The second-order valence-electron chi connectivity index (χ2n) is 11.7. The molecule has 0 heterocycles. The molecule has 0 amide bonds. The van der Waals surface area contributed by atoms with Crippen molar-refractivity contribution in [3.05, 3.63) is 0 Å². The van der Waals surface area contributed by atoms with E-state index in [1.165, 1.54) is 57.8 Å². The van der Waals surface area contributed by atoms with Crippen LogP contribution in [0.5, 0.6) is 0 Å². The quantitative estimate of drug-likeness (QED) is 0.272. The molecule has 6 atom stereocenters. The third kappa shape index (κ3) is 7.55. The molecule has 0 heteroatoms. The lowest BCUT2D eigenvalue weighted by atomic mass is 9.89. The summed E-state index contributed by atoms with van der Waals surface area (Å²) >= 11 is 0. The minimum atomic E-state index is 0.539. The molecule has 3 rings (SSSR count). The van der Waals surface area contributed by atoms with Crippen LogP contribution in [0.4, 0.5) is 0 Å². The summed E-state index contributed by atoms with van der Waals surface area (Å²) in [5.41, 5.74) is 0.539. The van der Waals surface area contributed by atoms with Crippen molar-refractivity contribution in [2.75, 3.05) is 0 Å². The van der Waals surface area contributed by atoms with E-state index in [-0.39, 0.29) is 0 Å². The van der Waals surface area contributed by atoms with Gasteiger partial charge in [0.1, 0.15) is 0 Å². The Hall–Kier alpha value is 0. The van der Waals surface area contributed by atoms with Gasteiger partial charge < -0.3 is 0 Å². The van der Waals surface area contributed by atoms with Gasteiger partial charge in [0.2, 0.25) is 0 Å². The second kappa shape index (κ2) is 9.47. The minimum absolute atomic E-state index is 0.539. The number of hydrogen-bond donors (Lipinski definition) is 0. The number of unbranched alkanes of at least 4 members (excludes halogenated alkanes) is 6. The second-order valence-corrected chi connectivity index (χ2v) is 11.7. The Morgan fingerprint density at radius 3 is 1.62 bits per heavy atom. The molecule has 0 nitrogen and oxygen atoms in total. The summed E-state index contributed by atoms with van der Waals surface area (Å²) in [5, 5.41) is 0. The van der Waals surface area contributed by atoms with Gasteiger partial charge in [0, 0.05) is 0 Å². The zero-order valence-electron chi connectivity index (χ0n) is 18.6. The maximum atomic E-state index is 2.39. The maximum Gasteiger partial charge on any atom is -0.0380 e. The zero-order valence-corrected chi connectivity index (χ0v) is 18.6. The van der Waals surface area contributed by atoms with E-state index in [9.17, 15) is 0 Å². The molecular formula is C26H48. The van der Waals surface area contributed by atoms with Gasteiger partial charge in [-0.25, -0.2) is 0 Å². The molecule has 0 aromatic heterocycles. The third-order valence-corrected chi connectivity index (χ3v) is 7.94. The molecule has 3 saturated carbocycles. The molecule has 3 aliphatic carbocycles. The summed E-state index contributed by atoms with van der Waals surface area (Å²) in [5.74, 6) is 6.91. The molecule has 0 saturated heterocycles. The SMILES string of the molecule is CCC1CC1CC1CC1CC1CC1CCCCCCCCCC(C)(C)C. The zero-order chi connectivity index (χ0) is 18.6. The van der Waals surface area contributed by atoms with Crippen LogP contribution in [0.3, 0.4) is 0 Å². The summed E-state index contributed by atoms with van der Waals surface area (Å²) in [6.45, 7) is 9.50. The first-order valence-corrected chi connectivity index (χ1v) is 12.5. The van der Waals surface area contributed by atoms with Gasteiger partial charge in [-0.1, -0.05) is 85.5 Å². The summed E-state index contributed by atoms with van der Waals surface area (Å²) in [4.78, 5) is 0. The molecule has 0 aliphatic heterocycles. The molecule has 26 heavy (non-hydrogen) atoms. The van der Waals surface area contributed by atoms with Crippen LogP contribution in [0.25, 0.3) is 0 Å². The van der Waals surface area contributed by atoms with Crippen molar-refractivity contribution in [3.63, 3.8) is 0 Å². The van der Waals surface area contributed by atoms with Gasteiger partial charge in [-0.2, -0.15) is 0 Å². The van der Waals surface area contributed by atoms with Gasteiger partial charge in [-0.15, -0.1) is 0 Å². The van der Waals surface area contributed by atoms with Gasteiger partial charge >= 0.3 is 0 Å². The van der Waals surface area contributed by atoms with E-state index in [0.717, 1.165) is 35.5 Å². The monoisotopic (exact) mass is 360 g/mol. The topological polar surface area (TPSA) is 0 Å². The van der Waals surface area contributed by atoms with E-state index in [1.54, 1.807) is 38.5 Å². The predicted octanol–water partition coefficient (Wildman–Crippen LogP) is 8.64. The van der Waals surface area contributed by atoms with Gasteiger partial charge in [0.15, 0.2) is 0 Å². The highest BCUT2D eigenvalue weighted by Gasteiger charge is 2.48. The molecule has 3 aliphatic rings. The Labute approximate surface area is 165 Å². The first-order chi connectivity index (χ1) is 12.5. The summed E-state index contributed by atoms with van der Waals surface area (Å²) < 4.78 is 0. The minimum Gasteiger partial charge on any atom is -0.0651 e. The molecule has 0 spiro atoms. The van der Waals surface area contributed by atoms with E-state index in [4.69, 9.17) is 0 Å². The molecule has 0 radical (unpaired) electrons. The Bertz CT molecular complexity index is 403. The van der Waals surface area contributed by atoms with Gasteiger partial charge in [-0.3, -0.25) is 0 Å². The van der Waals surface area contributed by atoms with Gasteiger partial charge in [0.25, 0.3) is 0 Å². The molecular weight excluding hydrogens is 312 g/mol. The number of rotatable bonds is 14. The van der Waals surface area contributed by atoms with Gasteiger partial charge in [0.05, 0.1) is 0 Å². The lowest BCUT2D eigenvalue weighted by molar-refractivity contribution is 0.356. The van der Waals surface area contributed by atoms with Crippen molar-refractivity contribution in [2.45, 2.75) is 124 Å². The van der Waals surface area contributed by atoms with Crippen LogP contribution in [-0.4, -0.2) is 0 Å². The predicted molar refractivity (Wildman–Crippen MR) is 115 cm³/mol. The Morgan fingerprint density at radius 1 is 0.577 bits per heavy atom. The first kappa shape index (κ1) is 20.7. The fraction of sp³-hybridized carbons (Fsp3) is 1.00. The highest BCUT2D eigenvalue weighted by molar-refractivity contribution is 4.98. The number of hydrogen-bond acceptors (Lipinski definition) is 0. The molecule has 6 unspecified atom stereocenters. The van der Waals surface area contributed by atoms with E-state index in [0.29, 0.717) is 5.41 Å². The largest absolute Gasteiger partial charge is 0.0651 e. The fourth-order valence-electron chi connectivity index (χ4n) is 5.66. The fourth-order valence-corrected chi connectivity index (χ4v) is 5.66. The third-order valence-electron chi connectivity index (χ3n) is 7.94. The molecule has 3 fully saturated rings. The van der Waals surface area contributed by atoms with Crippen molar-refractivity contribution >= 4 is 0 Å². The van der Waals surface area contributed by atoms with E-state index >= 15 is 0 Å². The van der Waals surface area contributed by atoms with E-state index in [1.807, 2.05) is 0 Å². The summed E-state index contributed by atoms with van der Waals surface area (Å²) in [7, 11) is 0. The summed E-state index contributed by atoms with van der Waals surface area (Å²) in [6.07, 6.45) is 22.8. The van der Waals surface area contributed by atoms with Crippen LogP contribution in [0.2, 0.25) is 0 Å². The highest BCUT2D eigenvalue weighted by Crippen LogP contribution is 2.58. The normalized spacial score (nSPS) is 35.5. The van der Waals surface area contributed by atoms with Crippen molar-refractivity contribution in [1.82, 2.24) is 0 Å². The van der Waals surface area contributed by atoms with E-state index < -0.39 is 0 Å². The molecule has 0 bridgehead atoms. The Balaban J connectivity index is 1.08. The average molecular weight is 361 g/mol. The van der Waals surface area contributed by atoms with Crippen molar-refractivity contribution in [1.29, 1.82) is 0 Å². The van der Waals surface area contributed by atoms with Crippen molar-refractivity contribution in [2.24, 2.45) is 40.9 Å². The lowest BCUT2D eigenvalue weighted by Gasteiger charge is -2.17. The average Bonchev–Trinajstić information content (AvgIpc) is 3.46. The van der Waals surface area contributed by atoms with Crippen molar-refractivity contribution < 1.29 is 0 Å². The van der Waals surface area contributed by atoms with Crippen LogP contribution in [0.1, 0.15) is 124 Å². The van der Waals surface area contributed by atoms with Crippen molar-refractivity contribution in [3.8, 4) is 0 Å². The standard InChI is InChI=1S/C26H48/c1-5-20-15-22(20)17-24-19-25(24)18-23-16-21(23)13-11-9-7-6-8-10-12-14-26(2,3)4/h20-25H,5-19H2,1-4H3. The Morgan fingerprint density at radius 2 is 1.04 bits per heavy atom. The van der Waals surface area contributed by atoms with Crippen LogP contribution in [0, 0.1) is 40.9 Å². The van der Waals surface area contributed by atoms with Crippen LogP contribution in [0.15, 0.2) is 0 Å². The maximum absolute atomic E-state index is 2.39. The smallest absolute Gasteiger partial charge is 0.0380 e. The van der Waals surface area contributed by atoms with Gasteiger partial charge in [-0.05, 0) is 79.4 Å². The first-order valence-electron chi connectivity index (χ1n) is 12.5. The van der Waals surface area contributed by atoms with Crippen LogP contribution in [-0.2, 0) is 0 Å². The molecule has 0 N–H and O–H groups in total. The lowest BCUT2D eigenvalue weighted by Crippen LogP contribution is -2.03. The van der Waals surface area contributed by atoms with E-state index in [2.05, 4.69) is 27.7 Å². The van der Waals surface area contributed by atoms with Crippen LogP contribution < -0.4 is 0 Å². The van der Waals surface area contributed by atoms with Crippen LogP contribution >= 0.6 is 0 Å².